The summed E-state index contributed by atoms with van der Waals surface area (Å²) in [6.07, 6.45) is 3.46. The quantitative estimate of drug-likeness (QED) is 0.676. The van der Waals surface area contributed by atoms with Crippen LogP contribution in [-0.4, -0.2) is 23.0 Å². The molecule has 0 bridgehead atoms. The van der Waals surface area contributed by atoms with E-state index in [4.69, 9.17) is 10.2 Å². The van der Waals surface area contributed by atoms with Crippen molar-refractivity contribution < 1.29 is 4.42 Å². The Kier molecular flexibility index (Phi) is 3.49. The number of aromatic nitrogens is 1. The second kappa shape index (κ2) is 5.19. The lowest BCUT2D eigenvalue weighted by Crippen LogP contribution is -2.31. The normalized spacial score (nSPS) is 17.2. The van der Waals surface area contributed by atoms with Crippen molar-refractivity contribution in [1.82, 2.24) is 9.88 Å². The molecule has 4 heteroatoms. The monoisotopic (exact) mass is 285 g/mol. The Balaban J connectivity index is 1.72. The maximum atomic E-state index is 5.92. The molecule has 0 amide bonds. The van der Waals surface area contributed by atoms with E-state index in [1.165, 1.54) is 0 Å². The van der Waals surface area contributed by atoms with E-state index in [1.807, 2.05) is 18.2 Å². The van der Waals surface area contributed by atoms with E-state index in [-0.39, 0.29) is 5.41 Å². The molecule has 2 N–H and O–H groups in total. The highest BCUT2D eigenvalue weighted by Gasteiger charge is 2.22. The van der Waals surface area contributed by atoms with Crippen LogP contribution in [0, 0.1) is 5.41 Å². The molecule has 1 aromatic carbocycles. The summed E-state index contributed by atoms with van der Waals surface area (Å²) in [5.74, 6) is 0.746. The van der Waals surface area contributed by atoms with Gasteiger partial charge in [-0.15, -0.1) is 0 Å². The number of nitrogens with two attached hydrogens (primary N) is 1. The first kappa shape index (κ1) is 14.1. The van der Waals surface area contributed by atoms with Crippen molar-refractivity contribution in [3.05, 3.63) is 35.7 Å². The first-order valence-electron chi connectivity index (χ1n) is 7.49. The zero-order valence-electron chi connectivity index (χ0n) is 13.0. The van der Waals surface area contributed by atoms with Gasteiger partial charge in [-0.25, -0.2) is 4.98 Å². The molecular weight excluding hydrogens is 262 g/mol. The summed E-state index contributed by atoms with van der Waals surface area (Å²) in [5.41, 5.74) is 9.96. The van der Waals surface area contributed by atoms with Crippen LogP contribution in [0.4, 0.5) is 5.69 Å². The number of fused-ring (bicyclic) bond motifs is 1. The highest BCUT2D eigenvalue weighted by molar-refractivity contribution is 5.85. The van der Waals surface area contributed by atoms with Crippen LogP contribution in [-0.2, 0) is 6.54 Å². The summed E-state index contributed by atoms with van der Waals surface area (Å²) < 4.78 is 5.79. The van der Waals surface area contributed by atoms with E-state index in [0.29, 0.717) is 5.69 Å². The molecule has 0 atom stereocenters. The van der Waals surface area contributed by atoms with Gasteiger partial charge in [0.15, 0.2) is 5.58 Å². The van der Waals surface area contributed by atoms with Crippen molar-refractivity contribution in [3.63, 3.8) is 0 Å². The minimum absolute atomic E-state index is 0.276. The fraction of sp³-hybridized carbons (Fsp3) is 0.471. The molecule has 1 aliphatic rings. The van der Waals surface area contributed by atoms with Crippen LogP contribution < -0.4 is 5.73 Å². The summed E-state index contributed by atoms with van der Waals surface area (Å²) in [4.78, 5) is 6.88. The van der Waals surface area contributed by atoms with Crippen LogP contribution in [0.25, 0.3) is 11.1 Å². The van der Waals surface area contributed by atoms with Gasteiger partial charge in [0, 0.05) is 13.1 Å². The van der Waals surface area contributed by atoms with Crippen LogP contribution >= 0.6 is 0 Å². The van der Waals surface area contributed by atoms with Crippen molar-refractivity contribution in [2.75, 3.05) is 18.8 Å². The molecule has 2 aromatic rings. The number of anilines is 1. The zero-order valence-corrected chi connectivity index (χ0v) is 13.0. The lowest BCUT2D eigenvalue weighted by molar-refractivity contribution is 0.248. The molecule has 0 radical (unpaired) electrons. The molecule has 4 nitrogen and oxygen atoms in total. The summed E-state index contributed by atoms with van der Waals surface area (Å²) in [7, 11) is 0. The number of nitrogen functional groups attached to an aromatic ring is 1. The maximum absolute atomic E-state index is 5.92. The molecule has 0 saturated carbocycles. The first-order valence-corrected chi connectivity index (χ1v) is 7.49. The van der Waals surface area contributed by atoms with Gasteiger partial charge in [0.1, 0.15) is 5.52 Å². The van der Waals surface area contributed by atoms with Gasteiger partial charge in [-0.05, 0) is 24.0 Å². The average Bonchev–Trinajstić information content (AvgIpc) is 2.82. The lowest BCUT2D eigenvalue weighted by Gasteiger charge is -2.31. The van der Waals surface area contributed by atoms with E-state index >= 15 is 0 Å². The fourth-order valence-corrected chi connectivity index (χ4v) is 2.81. The molecule has 0 saturated heterocycles. The molecule has 2 heterocycles. The molecule has 3 rings (SSSR count). The summed E-state index contributed by atoms with van der Waals surface area (Å²) in [5, 5.41) is 0. The third-order valence-corrected chi connectivity index (χ3v) is 4.11. The highest BCUT2D eigenvalue weighted by Crippen LogP contribution is 2.30. The van der Waals surface area contributed by atoms with Crippen LogP contribution in [0.5, 0.6) is 0 Å². The Morgan fingerprint density at radius 2 is 2.14 bits per heavy atom. The highest BCUT2D eigenvalue weighted by atomic mass is 16.3. The second-order valence-corrected chi connectivity index (χ2v) is 6.77. The van der Waals surface area contributed by atoms with E-state index < -0.39 is 0 Å². The Morgan fingerprint density at radius 1 is 1.33 bits per heavy atom. The molecule has 112 valence electrons. The van der Waals surface area contributed by atoms with Gasteiger partial charge < -0.3 is 10.2 Å². The second-order valence-electron chi connectivity index (χ2n) is 6.77. The van der Waals surface area contributed by atoms with E-state index in [0.717, 1.165) is 43.0 Å². The number of benzene rings is 1. The third-order valence-electron chi connectivity index (χ3n) is 4.11. The lowest BCUT2D eigenvalue weighted by atomic mass is 9.83. The van der Waals surface area contributed by atoms with Crippen molar-refractivity contribution >= 4 is 16.8 Å². The molecule has 0 spiro atoms. The number of nitrogens with zero attached hydrogens (tertiary/aromatic N) is 2. The molecule has 1 aromatic heterocycles. The number of para-hydroxylation sites is 1. The molecule has 1 aliphatic heterocycles. The topological polar surface area (TPSA) is 55.3 Å². The van der Waals surface area contributed by atoms with Crippen LogP contribution in [0.3, 0.4) is 0 Å². The number of oxazole rings is 1. The van der Waals surface area contributed by atoms with E-state index in [2.05, 4.69) is 36.7 Å². The van der Waals surface area contributed by atoms with Gasteiger partial charge in [-0.3, -0.25) is 4.90 Å². The van der Waals surface area contributed by atoms with Gasteiger partial charge in [0.2, 0.25) is 5.89 Å². The predicted octanol–water partition coefficient (Wildman–Crippen LogP) is 3.59. The van der Waals surface area contributed by atoms with Gasteiger partial charge in [-0.2, -0.15) is 0 Å². The first-order chi connectivity index (χ1) is 9.93. The van der Waals surface area contributed by atoms with Gasteiger partial charge in [0.25, 0.3) is 0 Å². The predicted molar refractivity (Wildman–Crippen MR) is 85.9 cm³/mol. The van der Waals surface area contributed by atoms with Gasteiger partial charge in [-0.1, -0.05) is 38.5 Å². The van der Waals surface area contributed by atoms with Crippen molar-refractivity contribution in [1.29, 1.82) is 0 Å². The van der Waals surface area contributed by atoms with Crippen molar-refractivity contribution in [2.45, 2.75) is 33.7 Å². The molecule has 0 unspecified atom stereocenters. The standard InChI is InChI=1S/C17H23N3O/c1-17(2,3)12-7-9-20(10-8-12)11-15-19-16-13(18)5-4-6-14(16)21-15/h4-7H,8-11,18H2,1-3H3. The zero-order chi connectivity index (χ0) is 15.0. The minimum atomic E-state index is 0.276. The van der Waals surface area contributed by atoms with Gasteiger partial charge >= 0.3 is 0 Å². The van der Waals surface area contributed by atoms with E-state index in [9.17, 15) is 0 Å². The molecule has 21 heavy (non-hydrogen) atoms. The minimum Gasteiger partial charge on any atom is -0.439 e. The van der Waals surface area contributed by atoms with Crippen LogP contribution in [0.1, 0.15) is 33.1 Å². The van der Waals surface area contributed by atoms with Crippen LogP contribution in [0.15, 0.2) is 34.3 Å². The summed E-state index contributed by atoms with van der Waals surface area (Å²) in [6.45, 7) is 9.58. The van der Waals surface area contributed by atoms with Crippen molar-refractivity contribution in [3.8, 4) is 0 Å². The molecule has 0 aliphatic carbocycles. The third kappa shape index (κ3) is 2.95. The largest absolute Gasteiger partial charge is 0.439 e. The van der Waals surface area contributed by atoms with Gasteiger partial charge in [0.05, 0.1) is 12.2 Å². The molecule has 0 fully saturated rings. The van der Waals surface area contributed by atoms with Crippen LogP contribution in [0.2, 0.25) is 0 Å². The number of rotatable bonds is 2. The Morgan fingerprint density at radius 3 is 2.76 bits per heavy atom. The Labute approximate surface area is 125 Å². The summed E-state index contributed by atoms with van der Waals surface area (Å²) >= 11 is 0. The SMILES string of the molecule is CC(C)(C)C1=CCN(Cc2nc3c(N)cccc3o2)CC1. The Bertz CT molecular complexity index is 679. The number of hydrogen-bond acceptors (Lipinski definition) is 4. The van der Waals surface area contributed by atoms with E-state index in [1.54, 1.807) is 5.57 Å². The number of hydrogen-bond donors (Lipinski definition) is 1. The summed E-state index contributed by atoms with van der Waals surface area (Å²) in [6, 6.07) is 5.66. The fourth-order valence-electron chi connectivity index (χ4n) is 2.81. The smallest absolute Gasteiger partial charge is 0.209 e. The average molecular weight is 285 g/mol. The molecular formula is C17H23N3O. The van der Waals surface area contributed by atoms with Crippen molar-refractivity contribution in [2.24, 2.45) is 5.41 Å². The maximum Gasteiger partial charge on any atom is 0.209 e. The Hall–Kier alpha value is -1.81.